The molecule has 2 heterocycles. The smallest absolute Gasteiger partial charge is 0.417 e. The van der Waals surface area contributed by atoms with Crippen LogP contribution in [0.5, 0.6) is 5.75 Å². The molecule has 2 aromatic heterocycles. The Balaban J connectivity index is 2.02. The van der Waals surface area contributed by atoms with E-state index >= 15 is 0 Å². The molecule has 26 heavy (non-hydrogen) atoms. The molecule has 0 amide bonds. The summed E-state index contributed by atoms with van der Waals surface area (Å²) in [5.74, 6) is 0.623. The van der Waals surface area contributed by atoms with Crippen LogP contribution in [0.15, 0.2) is 54.7 Å². The lowest BCUT2D eigenvalue weighted by atomic mass is 10.1. The van der Waals surface area contributed by atoms with Crippen molar-refractivity contribution in [3.8, 4) is 23.1 Å². The highest BCUT2D eigenvalue weighted by atomic mass is 19.4. The van der Waals surface area contributed by atoms with Crippen molar-refractivity contribution in [1.29, 1.82) is 5.26 Å². The lowest BCUT2D eigenvalue weighted by molar-refractivity contribution is -0.137. The van der Waals surface area contributed by atoms with E-state index < -0.39 is 11.7 Å². The lowest BCUT2D eigenvalue weighted by Gasteiger charge is -2.07. The molecule has 0 atom stereocenters. The van der Waals surface area contributed by atoms with Crippen LogP contribution in [0.2, 0.25) is 0 Å². The van der Waals surface area contributed by atoms with Crippen LogP contribution in [0.25, 0.3) is 16.9 Å². The van der Waals surface area contributed by atoms with Gasteiger partial charge in [0.1, 0.15) is 29.8 Å². The number of alkyl halides is 3. The van der Waals surface area contributed by atoms with Crippen molar-refractivity contribution >= 4 is 5.65 Å². The van der Waals surface area contributed by atoms with Gasteiger partial charge in [0, 0.05) is 11.8 Å². The predicted molar refractivity (Wildman–Crippen MR) is 90.7 cm³/mol. The molecule has 7 heteroatoms. The second kappa shape index (κ2) is 6.56. The summed E-state index contributed by atoms with van der Waals surface area (Å²) >= 11 is 0. The summed E-state index contributed by atoms with van der Waals surface area (Å²) < 4.78 is 45.4. The molecule has 0 spiro atoms. The van der Waals surface area contributed by atoms with Crippen molar-refractivity contribution in [2.75, 3.05) is 6.61 Å². The van der Waals surface area contributed by atoms with Gasteiger partial charge in [-0.15, -0.1) is 0 Å². The molecule has 0 aliphatic carbocycles. The summed E-state index contributed by atoms with van der Waals surface area (Å²) in [5.41, 5.74) is 1.28. The predicted octanol–water partition coefficient (Wildman–Crippen LogP) is 4.85. The van der Waals surface area contributed by atoms with Crippen LogP contribution >= 0.6 is 0 Å². The van der Waals surface area contributed by atoms with Crippen LogP contribution in [0.3, 0.4) is 0 Å². The number of hydrogen-bond donors (Lipinski definition) is 0. The van der Waals surface area contributed by atoms with Gasteiger partial charge in [-0.25, -0.2) is 4.98 Å². The van der Waals surface area contributed by atoms with Crippen molar-refractivity contribution in [2.24, 2.45) is 0 Å². The highest BCUT2D eigenvalue weighted by Crippen LogP contribution is 2.31. The van der Waals surface area contributed by atoms with E-state index in [1.807, 2.05) is 13.0 Å². The number of nitriles is 1. The van der Waals surface area contributed by atoms with Gasteiger partial charge in [-0.3, -0.25) is 4.40 Å². The molecular weight excluding hydrogens is 343 g/mol. The van der Waals surface area contributed by atoms with Gasteiger partial charge in [0.05, 0.1) is 5.56 Å². The molecule has 0 N–H and O–H groups in total. The van der Waals surface area contributed by atoms with Gasteiger partial charge in [0.25, 0.3) is 0 Å². The topological polar surface area (TPSA) is 50.3 Å². The minimum Gasteiger partial charge on any atom is -0.489 e. The number of nitrogens with zero attached hydrogens (tertiary/aromatic N) is 3. The van der Waals surface area contributed by atoms with Crippen molar-refractivity contribution in [3.05, 3.63) is 66.0 Å². The minimum absolute atomic E-state index is 0.0432. The van der Waals surface area contributed by atoms with E-state index in [1.54, 1.807) is 24.3 Å². The van der Waals surface area contributed by atoms with Gasteiger partial charge in [0.2, 0.25) is 0 Å². The number of hydrogen-bond acceptors (Lipinski definition) is 3. The minimum atomic E-state index is -4.49. The number of pyridine rings is 1. The van der Waals surface area contributed by atoms with E-state index in [-0.39, 0.29) is 11.3 Å². The van der Waals surface area contributed by atoms with Crippen LogP contribution in [0.4, 0.5) is 13.2 Å². The first-order chi connectivity index (χ1) is 12.3. The quantitative estimate of drug-likeness (QED) is 0.628. The number of halogens is 3. The van der Waals surface area contributed by atoms with Crippen molar-refractivity contribution < 1.29 is 17.9 Å². The number of rotatable bonds is 4. The molecule has 0 fully saturated rings. The Bertz CT molecular complexity index is 1010. The molecule has 1 aromatic carbocycles. The van der Waals surface area contributed by atoms with Gasteiger partial charge in [0.15, 0.2) is 5.69 Å². The maximum Gasteiger partial charge on any atom is 0.417 e. The Morgan fingerprint density at radius 2 is 1.92 bits per heavy atom. The fraction of sp³-hybridized carbons (Fsp3) is 0.158. The summed E-state index contributed by atoms with van der Waals surface area (Å²) in [6.07, 6.45) is -3.61. The second-order valence-corrected chi connectivity index (χ2v) is 5.83. The fourth-order valence-corrected chi connectivity index (χ4v) is 2.44. The zero-order chi connectivity index (χ0) is 18.9. The number of imidazole rings is 1. The molecule has 0 bridgehead atoms. The van der Waals surface area contributed by atoms with Gasteiger partial charge in [-0.05, 0) is 48.9 Å². The van der Waals surface area contributed by atoms with E-state index in [1.165, 1.54) is 6.07 Å². The Morgan fingerprint density at radius 1 is 1.23 bits per heavy atom. The molecule has 0 radical (unpaired) electrons. The Labute approximate surface area is 147 Å². The summed E-state index contributed by atoms with van der Waals surface area (Å²) in [7, 11) is 0. The fourth-order valence-electron chi connectivity index (χ4n) is 2.44. The number of fused-ring (bicyclic) bond motifs is 1. The number of benzene rings is 1. The molecule has 132 valence electrons. The highest BCUT2D eigenvalue weighted by molar-refractivity contribution is 5.70. The number of aromatic nitrogens is 2. The maximum absolute atomic E-state index is 12.9. The molecule has 3 rings (SSSR count). The zero-order valence-electron chi connectivity index (χ0n) is 13.8. The van der Waals surface area contributed by atoms with E-state index in [2.05, 4.69) is 11.6 Å². The van der Waals surface area contributed by atoms with Crippen LogP contribution in [0, 0.1) is 11.3 Å². The summed E-state index contributed by atoms with van der Waals surface area (Å²) in [5, 5.41) is 9.43. The Hall–Kier alpha value is -3.27. The van der Waals surface area contributed by atoms with Crippen molar-refractivity contribution in [3.63, 3.8) is 0 Å². The first-order valence-electron chi connectivity index (χ1n) is 7.66. The van der Waals surface area contributed by atoms with Gasteiger partial charge in [-0.2, -0.15) is 18.4 Å². The second-order valence-electron chi connectivity index (χ2n) is 5.83. The first kappa shape index (κ1) is 17.5. The SMILES string of the molecule is C=C(C)COc1ccc(-c2nc3ccc(C(F)(F)F)cn3c2C#N)cc1. The molecule has 0 aliphatic rings. The lowest BCUT2D eigenvalue weighted by Crippen LogP contribution is -2.06. The highest BCUT2D eigenvalue weighted by Gasteiger charge is 2.31. The van der Waals surface area contributed by atoms with Gasteiger partial charge >= 0.3 is 6.18 Å². The zero-order valence-corrected chi connectivity index (χ0v) is 13.8. The van der Waals surface area contributed by atoms with Gasteiger partial charge < -0.3 is 4.74 Å². The third-order valence-corrected chi connectivity index (χ3v) is 3.66. The average molecular weight is 357 g/mol. The van der Waals surface area contributed by atoms with E-state index in [9.17, 15) is 18.4 Å². The molecule has 0 saturated heterocycles. The monoisotopic (exact) mass is 357 g/mol. The summed E-state index contributed by atoms with van der Waals surface area (Å²) in [6, 6.07) is 11.0. The van der Waals surface area contributed by atoms with Crippen LogP contribution < -0.4 is 4.74 Å². The van der Waals surface area contributed by atoms with Gasteiger partial charge in [-0.1, -0.05) is 6.58 Å². The molecule has 0 aliphatic heterocycles. The van der Waals surface area contributed by atoms with E-state index in [4.69, 9.17) is 4.74 Å². The Morgan fingerprint density at radius 3 is 2.50 bits per heavy atom. The molecule has 0 saturated carbocycles. The largest absolute Gasteiger partial charge is 0.489 e. The summed E-state index contributed by atoms with van der Waals surface area (Å²) in [6.45, 7) is 5.99. The normalized spacial score (nSPS) is 11.3. The molecule has 3 aromatic rings. The average Bonchev–Trinajstić information content (AvgIpc) is 2.97. The van der Waals surface area contributed by atoms with Crippen LogP contribution in [-0.4, -0.2) is 16.0 Å². The third-order valence-electron chi connectivity index (χ3n) is 3.66. The van der Waals surface area contributed by atoms with E-state index in [0.29, 0.717) is 23.6 Å². The molecule has 4 nitrogen and oxygen atoms in total. The molecular formula is C19H14F3N3O. The first-order valence-corrected chi connectivity index (χ1v) is 7.66. The van der Waals surface area contributed by atoms with Crippen LogP contribution in [0.1, 0.15) is 18.2 Å². The van der Waals surface area contributed by atoms with Crippen molar-refractivity contribution in [2.45, 2.75) is 13.1 Å². The summed E-state index contributed by atoms with van der Waals surface area (Å²) in [4.78, 5) is 4.30. The third kappa shape index (κ3) is 3.40. The van der Waals surface area contributed by atoms with Crippen LogP contribution in [-0.2, 0) is 6.18 Å². The standard InChI is InChI=1S/C19H14F3N3O/c1-12(2)11-26-15-6-3-13(4-7-15)18-16(9-23)25-10-14(19(20,21)22)5-8-17(25)24-18/h3-8,10H,1,11H2,2H3. The van der Waals surface area contributed by atoms with E-state index in [0.717, 1.165) is 22.2 Å². The van der Waals surface area contributed by atoms with Crippen molar-refractivity contribution in [1.82, 2.24) is 9.38 Å². The molecule has 0 unspecified atom stereocenters. The Kier molecular flexibility index (Phi) is 4.43. The number of ether oxygens (including phenoxy) is 1. The maximum atomic E-state index is 12.9.